The molecule has 0 aliphatic rings. The summed E-state index contributed by atoms with van der Waals surface area (Å²) in [5.41, 5.74) is 2.41. The lowest BCUT2D eigenvalue weighted by Crippen LogP contribution is -2.33. The van der Waals surface area contributed by atoms with E-state index in [9.17, 15) is 10.0 Å². The van der Waals surface area contributed by atoms with E-state index in [-0.39, 0.29) is 0 Å². The van der Waals surface area contributed by atoms with Gasteiger partial charge in [-0.05, 0) is 11.0 Å². The lowest BCUT2D eigenvalue weighted by molar-refractivity contribution is 0.425. The van der Waals surface area contributed by atoms with Crippen LogP contribution in [0.5, 0.6) is 0 Å². The Morgan fingerprint density at radius 3 is 2.43 bits per heavy atom. The summed E-state index contributed by atoms with van der Waals surface area (Å²) in [5.74, 6) is 0.859. The Labute approximate surface area is 123 Å². The van der Waals surface area contributed by atoms with Crippen LogP contribution in [0.4, 0.5) is 0 Å². The van der Waals surface area contributed by atoms with Gasteiger partial charge in [-0.25, -0.2) is 4.98 Å². The number of hydrogen-bond acceptors (Lipinski definition) is 3. The summed E-state index contributed by atoms with van der Waals surface area (Å²) in [6, 6.07) is 17.2. The SMILES string of the molecule is OB(O)c1ccccc1Cn1ccnc1-c1ccccc1. The van der Waals surface area contributed by atoms with Crippen LogP contribution in [-0.2, 0) is 6.54 Å². The third-order valence-corrected chi connectivity index (χ3v) is 3.42. The van der Waals surface area contributed by atoms with Crippen molar-refractivity contribution in [2.75, 3.05) is 0 Å². The molecule has 1 heterocycles. The molecule has 0 aliphatic carbocycles. The number of nitrogens with zero attached hydrogens (tertiary/aromatic N) is 2. The third-order valence-electron chi connectivity index (χ3n) is 3.42. The Bertz CT molecular complexity index is 726. The maximum atomic E-state index is 9.45. The standard InChI is InChI=1S/C16H15BN2O2/c20-17(21)15-9-5-4-8-14(15)12-19-11-10-18-16(19)13-6-2-1-3-7-13/h1-11,20-21H,12H2. The molecule has 0 bridgehead atoms. The zero-order chi connectivity index (χ0) is 14.7. The van der Waals surface area contributed by atoms with Crippen molar-refractivity contribution in [3.8, 4) is 11.4 Å². The molecule has 0 fully saturated rings. The van der Waals surface area contributed by atoms with Crippen LogP contribution >= 0.6 is 0 Å². The monoisotopic (exact) mass is 278 g/mol. The molecule has 0 atom stereocenters. The summed E-state index contributed by atoms with van der Waals surface area (Å²) in [6.07, 6.45) is 3.64. The minimum Gasteiger partial charge on any atom is -0.423 e. The van der Waals surface area contributed by atoms with Gasteiger partial charge in [0.1, 0.15) is 5.82 Å². The largest absolute Gasteiger partial charge is 0.488 e. The molecule has 4 nitrogen and oxygen atoms in total. The van der Waals surface area contributed by atoms with Crippen LogP contribution in [-0.4, -0.2) is 26.7 Å². The molecule has 104 valence electrons. The molecule has 2 aromatic carbocycles. The molecule has 2 N–H and O–H groups in total. The van der Waals surface area contributed by atoms with Crippen LogP contribution in [0, 0.1) is 0 Å². The molecule has 1 aromatic heterocycles. The molecule has 5 heteroatoms. The van der Waals surface area contributed by atoms with Gasteiger partial charge < -0.3 is 14.6 Å². The van der Waals surface area contributed by atoms with E-state index in [1.807, 2.05) is 53.2 Å². The smallest absolute Gasteiger partial charge is 0.423 e. The normalized spacial score (nSPS) is 10.6. The van der Waals surface area contributed by atoms with Gasteiger partial charge in [0.15, 0.2) is 0 Å². The van der Waals surface area contributed by atoms with Gasteiger partial charge in [0.25, 0.3) is 0 Å². The van der Waals surface area contributed by atoms with E-state index in [1.54, 1.807) is 18.3 Å². The van der Waals surface area contributed by atoms with Crippen molar-refractivity contribution in [1.29, 1.82) is 0 Å². The quantitative estimate of drug-likeness (QED) is 0.707. The molecule has 21 heavy (non-hydrogen) atoms. The molecule has 0 spiro atoms. The predicted octanol–water partition coefficient (Wildman–Crippen LogP) is 1.28. The Morgan fingerprint density at radius 1 is 0.952 bits per heavy atom. The first-order valence-electron chi connectivity index (χ1n) is 6.76. The minimum atomic E-state index is -1.47. The average molecular weight is 278 g/mol. The van der Waals surface area contributed by atoms with Crippen molar-refractivity contribution in [2.24, 2.45) is 0 Å². The van der Waals surface area contributed by atoms with E-state index in [1.165, 1.54) is 0 Å². The fraction of sp³-hybridized carbons (Fsp3) is 0.0625. The highest BCUT2D eigenvalue weighted by molar-refractivity contribution is 6.59. The van der Waals surface area contributed by atoms with Crippen molar-refractivity contribution in [3.63, 3.8) is 0 Å². The second-order valence-corrected chi connectivity index (χ2v) is 4.82. The second-order valence-electron chi connectivity index (χ2n) is 4.82. The van der Waals surface area contributed by atoms with Crippen molar-refractivity contribution < 1.29 is 10.0 Å². The number of rotatable bonds is 4. The first-order valence-corrected chi connectivity index (χ1v) is 6.76. The van der Waals surface area contributed by atoms with Crippen LogP contribution in [0.15, 0.2) is 67.0 Å². The van der Waals surface area contributed by atoms with Gasteiger partial charge in [0, 0.05) is 24.5 Å². The molecule has 0 saturated heterocycles. The Hall–Kier alpha value is -2.37. The van der Waals surface area contributed by atoms with Gasteiger partial charge in [0.05, 0.1) is 0 Å². The van der Waals surface area contributed by atoms with E-state index < -0.39 is 7.12 Å². The molecule has 0 saturated carbocycles. The second kappa shape index (κ2) is 5.95. The van der Waals surface area contributed by atoms with Gasteiger partial charge in [0.2, 0.25) is 0 Å². The number of aromatic nitrogens is 2. The highest BCUT2D eigenvalue weighted by Gasteiger charge is 2.16. The summed E-state index contributed by atoms with van der Waals surface area (Å²) in [5, 5.41) is 18.9. The van der Waals surface area contributed by atoms with Crippen molar-refractivity contribution in [3.05, 3.63) is 72.6 Å². The van der Waals surface area contributed by atoms with Crippen LogP contribution in [0.25, 0.3) is 11.4 Å². The Morgan fingerprint density at radius 2 is 1.67 bits per heavy atom. The number of imidazole rings is 1. The fourth-order valence-corrected chi connectivity index (χ4v) is 2.40. The summed E-state index contributed by atoms with van der Waals surface area (Å²) >= 11 is 0. The van der Waals surface area contributed by atoms with Crippen LogP contribution in [0.2, 0.25) is 0 Å². The minimum absolute atomic E-state index is 0.519. The predicted molar refractivity (Wildman–Crippen MR) is 83.0 cm³/mol. The van der Waals surface area contributed by atoms with Crippen molar-refractivity contribution >= 4 is 12.6 Å². The van der Waals surface area contributed by atoms with Crippen molar-refractivity contribution in [2.45, 2.75) is 6.54 Å². The maximum absolute atomic E-state index is 9.45. The zero-order valence-electron chi connectivity index (χ0n) is 11.4. The fourth-order valence-electron chi connectivity index (χ4n) is 2.40. The summed E-state index contributed by atoms with van der Waals surface area (Å²) in [4.78, 5) is 4.40. The summed E-state index contributed by atoms with van der Waals surface area (Å²) < 4.78 is 2.00. The van der Waals surface area contributed by atoms with E-state index >= 15 is 0 Å². The lowest BCUT2D eigenvalue weighted by Gasteiger charge is -2.12. The van der Waals surface area contributed by atoms with Crippen molar-refractivity contribution in [1.82, 2.24) is 9.55 Å². The van der Waals surface area contributed by atoms with E-state index in [4.69, 9.17) is 0 Å². The Kier molecular flexibility index (Phi) is 3.86. The third kappa shape index (κ3) is 2.89. The molecular weight excluding hydrogens is 263 g/mol. The topological polar surface area (TPSA) is 58.3 Å². The molecule has 3 rings (SSSR count). The summed E-state index contributed by atoms with van der Waals surface area (Å²) in [6.45, 7) is 0.540. The Balaban J connectivity index is 1.96. The molecule has 0 amide bonds. The number of hydrogen-bond donors (Lipinski definition) is 2. The molecule has 0 unspecified atom stereocenters. The molecular formula is C16H15BN2O2. The van der Waals surface area contributed by atoms with E-state index in [0.29, 0.717) is 12.0 Å². The highest BCUT2D eigenvalue weighted by Crippen LogP contribution is 2.17. The van der Waals surface area contributed by atoms with Gasteiger partial charge in [-0.1, -0.05) is 54.6 Å². The average Bonchev–Trinajstić information content (AvgIpc) is 2.96. The van der Waals surface area contributed by atoms with Crippen LogP contribution in [0.1, 0.15) is 5.56 Å². The van der Waals surface area contributed by atoms with E-state index in [0.717, 1.165) is 17.0 Å². The van der Waals surface area contributed by atoms with Gasteiger partial charge >= 0.3 is 7.12 Å². The molecule has 0 radical (unpaired) electrons. The zero-order valence-corrected chi connectivity index (χ0v) is 11.4. The molecule has 3 aromatic rings. The summed E-state index contributed by atoms with van der Waals surface area (Å²) in [7, 11) is -1.47. The maximum Gasteiger partial charge on any atom is 0.488 e. The van der Waals surface area contributed by atoms with Crippen LogP contribution < -0.4 is 5.46 Å². The molecule has 0 aliphatic heterocycles. The van der Waals surface area contributed by atoms with Gasteiger partial charge in [-0.2, -0.15) is 0 Å². The van der Waals surface area contributed by atoms with Gasteiger partial charge in [-0.15, -0.1) is 0 Å². The first kappa shape index (κ1) is 13.6. The first-order chi connectivity index (χ1) is 10.3. The lowest BCUT2D eigenvalue weighted by atomic mass is 9.77. The van der Waals surface area contributed by atoms with Crippen LogP contribution in [0.3, 0.4) is 0 Å². The van der Waals surface area contributed by atoms with Gasteiger partial charge in [-0.3, -0.25) is 0 Å². The number of benzene rings is 2. The highest BCUT2D eigenvalue weighted by atomic mass is 16.4. The van der Waals surface area contributed by atoms with E-state index in [2.05, 4.69) is 4.98 Å².